The predicted molar refractivity (Wildman–Crippen MR) is 54.5 cm³/mol. The van der Waals surface area contributed by atoms with E-state index in [9.17, 15) is 31.5 Å². The third-order valence-corrected chi connectivity index (χ3v) is 1.85. The molecule has 19 heavy (non-hydrogen) atoms. The molecule has 112 valence electrons. The van der Waals surface area contributed by atoms with Crippen LogP contribution in [0.15, 0.2) is 0 Å². The Kier molecular flexibility index (Phi) is 6.17. The monoisotopic (exact) mass is 291 g/mol. The molecule has 0 aromatic carbocycles. The highest BCUT2D eigenvalue weighted by molar-refractivity contribution is 5.84. The Morgan fingerprint density at radius 2 is 1.68 bits per heavy atom. The molecule has 0 rings (SSSR count). The van der Waals surface area contributed by atoms with E-state index in [1.165, 1.54) is 5.32 Å². The number of hydrogen-bond donors (Lipinski definition) is 1. The van der Waals surface area contributed by atoms with Gasteiger partial charge in [-0.05, 0) is 20.3 Å². The van der Waals surface area contributed by atoms with Crippen molar-refractivity contribution in [2.45, 2.75) is 44.9 Å². The molecule has 0 saturated carbocycles. The summed E-state index contributed by atoms with van der Waals surface area (Å²) < 4.78 is 64.9. The molecule has 0 aliphatic heterocycles. The lowest BCUT2D eigenvalue weighted by atomic mass is 10.2. The summed E-state index contributed by atoms with van der Waals surface area (Å²) >= 11 is 0. The smallest absolute Gasteiger partial charge is 0.463 e. The number of ether oxygens (including phenoxy) is 1. The van der Waals surface area contributed by atoms with Crippen LogP contribution in [0.4, 0.5) is 22.0 Å². The molecule has 0 bridgehead atoms. The highest BCUT2D eigenvalue weighted by atomic mass is 19.4. The molecule has 0 heterocycles. The molecule has 0 aliphatic carbocycles. The van der Waals surface area contributed by atoms with E-state index in [1.807, 2.05) is 0 Å². The van der Waals surface area contributed by atoms with Crippen molar-refractivity contribution in [3.63, 3.8) is 0 Å². The summed E-state index contributed by atoms with van der Waals surface area (Å²) in [5, 5.41) is 1.42. The van der Waals surface area contributed by atoms with Crippen LogP contribution < -0.4 is 5.32 Å². The van der Waals surface area contributed by atoms with Crippen molar-refractivity contribution in [3.8, 4) is 0 Å². The third-order valence-electron chi connectivity index (χ3n) is 1.85. The molecule has 1 amide bonds. The largest absolute Gasteiger partial charge is 0.463 e. The predicted octanol–water partition coefficient (Wildman–Crippen LogP) is 2.03. The number of alkyl halides is 5. The molecule has 9 heteroatoms. The van der Waals surface area contributed by atoms with Crippen LogP contribution in [0.1, 0.15) is 26.7 Å². The number of hydrogen-bond acceptors (Lipinski definition) is 3. The van der Waals surface area contributed by atoms with Gasteiger partial charge in [-0.25, -0.2) is 0 Å². The van der Waals surface area contributed by atoms with Crippen molar-refractivity contribution in [1.82, 2.24) is 5.32 Å². The first-order valence-electron chi connectivity index (χ1n) is 5.40. The first-order valence-corrected chi connectivity index (χ1v) is 5.40. The number of rotatable bonds is 6. The molecule has 1 N–H and O–H groups in total. The van der Waals surface area contributed by atoms with Crippen LogP contribution >= 0.6 is 0 Å². The Morgan fingerprint density at radius 3 is 2.11 bits per heavy atom. The van der Waals surface area contributed by atoms with Gasteiger partial charge in [-0.1, -0.05) is 0 Å². The second kappa shape index (κ2) is 6.67. The maximum Gasteiger partial charge on any atom is 0.463 e. The van der Waals surface area contributed by atoms with Gasteiger partial charge in [-0.15, -0.1) is 0 Å². The lowest BCUT2D eigenvalue weighted by Gasteiger charge is -2.18. The summed E-state index contributed by atoms with van der Waals surface area (Å²) in [5.41, 5.74) is 0. The van der Waals surface area contributed by atoms with E-state index in [2.05, 4.69) is 0 Å². The van der Waals surface area contributed by atoms with Crippen molar-refractivity contribution in [2.24, 2.45) is 0 Å². The number of esters is 1. The molecular weight excluding hydrogens is 277 g/mol. The fourth-order valence-corrected chi connectivity index (χ4v) is 0.996. The van der Waals surface area contributed by atoms with Crippen LogP contribution in [0.2, 0.25) is 0 Å². The van der Waals surface area contributed by atoms with Gasteiger partial charge < -0.3 is 10.1 Å². The van der Waals surface area contributed by atoms with Gasteiger partial charge in [0.2, 0.25) is 0 Å². The zero-order chi connectivity index (χ0) is 15.3. The van der Waals surface area contributed by atoms with Gasteiger partial charge in [0.25, 0.3) is 5.91 Å². The standard InChI is InChI=1S/C10H14F5NO3/c1-6(2)19-7(17)4-3-5-16-8(18)9(11,12)10(13,14)15/h6H,3-5H2,1-2H3,(H,16,18). The summed E-state index contributed by atoms with van der Waals surface area (Å²) in [6.07, 6.45) is -6.56. The van der Waals surface area contributed by atoms with E-state index < -0.39 is 30.5 Å². The molecule has 4 nitrogen and oxygen atoms in total. The molecular formula is C10H14F5NO3. The lowest BCUT2D eigenvalue weighted by Crippen LogP contribution is -2.50. The van der Waals surface area contributed by atoms with Gasteiger partial charge in [0, 0.05) is 13.0 Å². The van der Waals surface area contributed by atoms with E-state index >= 15 is 0 Å². The van der Waals surface area contributed by atoms with Gasteiger partial charge in [0.1, 0.15) is 0 Å². The molecule has 0 saturated heterocycles. The van der Waals surface area contributed by atoms with E-state index in [1.54, 1.807) is 13.8 Å². The SMILES string of the molecule is CC(C)OC(=O)CCCNC(=O)C(F)(F)C(F)(F)F. The normalized spacial score (nSPS) is 12.4. The first kappa shape index (κ1) is 17.6. The van der Waals surface area contributed by atoms with Crippen molar-refractivity contribution in [2.75, 3.05) is 6.54 Å². The molecule has 0 atom stereocenters. The van der Waals surface area contributed by atoms with Crippen molar-refractivity contribution in [1.29, 1.82) is 0 Å². The zero-order valence-electron chi connectivity index (χ0n) is 10.3. The van der Waals surface area contributed by atoms with Gasteiger partial charge in [-0.3, -0.25) is 9.59 Å². The van der Waals surface area contributed by atoms with Crippen LogP contribution in [0.5, 0.6) is 0 Å². The van der Waals surface area contributed by atoms with Gasteiger partial charge in [0.05, 0.1) is 6.10 Å². The molecule has 0 aromatic rings. The van der Waals surface area contributed by atoms with Crippen LogP contribution in [0, 0.1) is 0 Å². The van der Waals surface area contributed by atoms with E-state index in [0.717, 1.165) is 0 Å². The highest BCUT2D eigenvalue weighted by Gasteiger charge is 2.63. The summed E-state index contributed by atoms with van der Waals surface area (Å²) in [6.45, 7) is 2.73. The number of amides is 1. The molecule has 0 fully saturated rings. The average molecular weight is 291 g/mol. The fourth-order valence-electron chi connectivity index (χ4n) is 0.996. The molecule has 0 spiro atoms. The minimum Gasteiger partial charge on any atom is -0.463 e. The molecule has 0 radical (unpaired) electrons. The highest BCUT2D eigenvalue weighted by Crippen LogP contribution is 2.35. The van der Waals surface area contributed by atoms with Gasteiger partial charge in [0.15, 0.2) is 0 Å². The lowest BCUT2D eigenvalue weighted by molar-refractivity contribution is -0.269. The molecule has 0 unspecified atom stereocenters. The number of carbonyl (C=O) groups is 2. The maximum atomic E-state index is 12.5. The van der Waals surface area contributed by atoms with Crippen LogP contribution in [-0.4, -0.2) is 36.6 Å². The molecule has 0 aliphatic rings. The Morgan fingerprint density at radius 1 is 1.16 bits per heavy atom. The number of halogens is 5. The van der Waals surface area contributed by atoms with Crippen molar-refractivity contribution < 1.29 is 36.3 Å². The summed E-state index contributed by atoms with van der Waals surface area (Å²) in [5.74, 6) is -8.49. The van der Waals surface area contributed by atoms with Gasteiger partial charge in [-0.2, -0.15) is 22.0 Å². The average Bonchev–Trinajstić information content (AvgIpc) is 2.21. The fraction of sp³-hybridized carbons (Fsp3) is 0.800. The Labute approximate surface area is 106 Å². The number of carbonyl (C=O) groups excluding carboxylic acids is 2. The second-order valence-electron chi connectivity index (χ2n) is 3.97. The molecule has 0 aromatic heterocycles. The van der Waals surface area contributed by atoms with E-state index in [-0.39, 0.29) is 18.9 Å². The Bertz CT molecular complexity index is 328. The van der Waals surface area contributed by atoms with Crippen molar-refractivity contribution in [3.05, 3.63) is 0 Å². The van der Waals surface area contributed by atoms with Crippen LogP contribution in [0.3, 0.4) is 0 Å². The van der Waals surface area contributed by atoms with E-state index in [4.69, 9.17) is 4.74 Å². The van der Waals surface area contributed by atoms with Gasteiger partial charge >= 0.3 is 18.1 Å². The minimum atomic E-state index is -5.94. The maximum absolute atomic E-state index is 12.5. The zero-order valence-corrected chi connectivity index (χ0v) is 10.3. The van der Waals surface area contributed by atoms with Crippen molar-refractivity contribution >= 4 is 11.9 Å². The van der Waals surface area contributed by atoms with Crippen LogP contribution in [-0.2, 0) is 14.3 Å². The quantitative estimate of drug-likeness (QED) is 0.463. The van der Waals surface area contributed by atoms with Crippen LogP contribution in [0.25, 0.3) is 0 Å². The topological polar surface area (TPSA) is 55.4 Å². The minimum absolute atomic E-state index is 0.0920. The Balaban J connectivity index is 4.03. The second-order valence-corrected chi connectivity index (χ2v) is 3.97. The van der Waals surface area contributed by atoms with E-state index in [0.29, 0.717) is 0 Å². The third kappa shape index (κ3) is 5.84. The summed E-state index contributed by atoms with van der Waals surface area (Å²) in [4.78, 5) is 21.6. The summed E-state index contributed by atoms with van der Waals surface area (Å²) in [7, 11) is 0. The Hall–Kier alpha value is -1.41. The summed E-state index contributed by atoms with van der Waals surface area (Å²) in [6, 6.07) is 0. The first-order chi connectivity index (χ1) is 8.48. The number of nitrogens with one attached hydrogen (secondary N) is 1.